The largest absolute Gasteiger partial charge is 0.326 e. The van der Waals surface area contributed by atoms with Gasteiger partial charge in [-0.15, -0.1) is 0 Å². The highest BCUT2D eigenvalue weighted by Crippen LogP contribution is 2.28. The van der Waals surface area contributed by atoms with Crippen molar-refractivity contribution in [1.82, 2.24) is 5.32 Å². The van der Waals surface area contributed by atoms with Crippen LogP contribution in [0.3, 0.4) is 0 Å². The zero-order valence-electron chi connectivity index (χ0n) is 10.9. The van der Waals surface area contributed by atoms with Gasteiger partial charge < -0.3 is 10.6 Å². The average molecular weight is 282 g/mol. The molecule has 0 saturated heterocycles. The molecule has 1 aromatic rings. The minimum atomic E-state index is -3.15. The van der Waals surface area contributed by atoms with Crippen LogP contribution < -0.4 is 10.6 Å². The smallest absolute Gasteiger partial charge is 0.224 e. The monoisotopic (exact) mass is 282 g/mol. The maximum Gasteiger partial charge on any atom is 0.224 e. The molecule has 104 valence electrons. The number of hydrogen-bond donors (Lipinski definition) is 2. The molecule has 0 aromatic heterocycles. The molecule has 0 radical (unpaired) electrons. The standard InChI is InChI=1S/C13H18N2O3S/c1-14-7-2-3-13(16)15-11-5-4-10-6-8-19(17,18)12(10)9-11/h4-5,9,14H,2-3,6-8H2,1H3,(H,15,16). The Morgan fingerprint density at radius 3 is 2.89 bits per heavy atom. The third kappa shape index (κ3) is 3.33. The van der Waals surface area contributed by atoms with E-state index in [0.29, 0.717) is 23.4 Å². The fraction of sp³-hybridized carbons (Fsp3) is 0.462. The van der Waals surface area contributed by atoms with Crippen LogP contribution in [0.25, 0.3) is 0 Å². The molecule has 0 fully saturated rings. The summed E-state index contributed by atoms with van der Waals surface area (Å²) in [6, 6.07) is 5.10. The predicted octanol–water partition coefficient (Wildman–Crippen LogP) is 0.954. The lowest BCUT2D eigenvalue weighted by atomic mass is 10.1. The number of aryl methyl sites for hydroxylation is 1. The molecule has 0 aliphatic carbocycles. The first-order valence-electron chi connectivity index (χ1n) is 6.33. The van der Waals surface area contributed by atoms with Gasteiger partial charge in [0.1, 0.15) is 0 Å². The first kappa shape index (κ1) is 14.0. The van der Waals surface area contributed by atoms with Crippen LogP contribution in [0.5, 0.6) is 0 Å². The summed E-state index contributed by atoms with van der Waals surface area (Å²) in [5, 5.41) is 5.71. The van der Waals surface area contributed by atoms with Crippen molar-refractivity contribution in [2.45, 2.75) is 24.2 Å². The van der Waals surface area contributed by atoms with Crippen molar-refractivity contribution in [1.29, 1.82) is 0 Å². The summed E-state index contributed by atoms with van der Waals surface area (Å²) < 4.78 is 23.6. The van der Waals surface area contributed by atoms with Crippen LogP contribution in [0.15, 0.2) is 23.1 Å². The lowest BCUT2D eigenvalue weighted by Crippen LogP contribution is -2.15. The molecule has 2 N–H and O–H groups in total. The van der Waals surface area contributed by atoms with E-state index in [4.69, 9.17) is 0 Å². The lowest BCUT2D eigenvalue weighted by Gasteiger charge is -2.07. The molecule has 19 heavy (non-hydrogen) atoms. The molecule has 1 heterocycles. The Labute approximate surface area is 113 Å². The van der Waals surface area contributed by atoms with Crippen LogP contribution in [0.4, 0.5) is 5.69 Å². The Bertz CT molecular complexity index is 582. The zero-order chi connectivity index (χ0) is 13.9. The summed E-state index contributed by atoms with van der Waals surface area (Å²) in [5.74, 6) is 0.0765. The highest BCUT2D eigenvalue weighted by Gasteiger charge is 2.26. The Balaban J connectivity index is 2.05. The highest BCUT2D eigenvalue weighted by molar-refractivity contribution is 7.91. The molecular weight excluding hydrogens is 264 g/mol. The molecule has 0 atom stereocenters. The first-order chi connectivity index (χ1) is 9.03. The number of carbonyl (C=O) groups is 1. The molecule has 0 bridgehead atoms. The van der Waals surface area contributed by atoms with Gasteiger partial charge in [-0.05, 0) is 44.1 Å². The highest BCUT2D eigenvalue weighted by atomic mass is 32.2. The van der Waals surface area contributed by atoms with Crippen molar-refractivity contribution >= 4 is 21.4 Å². The molecule has 1 aromatic carbocycles. The van der Waals surface area contributed by atoms with E-state index in [1.54, 1.807) is 18.2 Å². The molecule has 0 unspecified atom stereocenters. The number of hydrogen-bond acceptors (Lipinski definition) is 4. The van der Waals surface area contributed by atoms with E-state index < -0.39 is 9.84 Å². The fourth-order valence-corrected chi connectivity index (χ4v) is 3.72. The fourth-order valence-electron chi connectivity index (χ4n) is 2.13. The second kappa shape index (κ2) is 5.71. The number of anilines is 1. The Morgan fingerprint density at radius 1 is 1.37 bits per heavy atom. The number of fused-ring (bicyclic) bond motifs is 1. The van der Waals surface area contributed by atoms with Gasteiger partial charge in [0.15, 0.2) is 9.84 Å². The Hall–Kier alpha value is -1.40. The van der Waals surface area contributed by atoms with Crippen molar-refractivity contribution in [2.75, 3.05) is 24.7 Å². The molecule has 0 spiro atoms. The maximum atomic E-state index is 11.8. The Kier molecular flexibility index (Phi) is 4.21. The van der Waals surface area contributed by atoms with Crippen LogP contribution in [0.2, 0.25) is 0 Å². The number of carbonyl (C=O) groups excluding carboxylic acids is 1. The van der Waals surface area contributed by atoms with Crippen molar-refractivity contribution in [3.63, 3.8) is 0 Å². The van der Waals surface area contributed by atoms with Gasteiger partial charge in [-0.3, -0.25) is 4.79 Å². The second-order valence-electron chi connectivity index (χ2n) is 4.65. The maximum absolute atomic E-state index is 11.8. The molecule has 0 saturated carbocycles. The van der Waals surface area contributed by atoms with E-state index >= 15 is 0 Å². The van der Waals surface area contributed by atoms with Gasteiger partial charge in [0.2, 0.25) is 5.91 Å². The molecule has 2 rings (SSSR count). The molecule has 1 amide bonds. The predicted molar refractivity (Wildman–Crippen MR) is 74.0 cm³/mol. The van der Waals surface area contributed by atoms with Gasteiger partial charge in [-0.2, -0.15) is 0 Å². The minimum Gasteiger partial charge on any atom is -0.326 e. The van der Waals surface area contributed by atoms with Crippen molar-refractivity contribution in [2.24, 2.45) is 0 Å². The van der Waals surface area contributed by atoms with Crippen molar-refractivity contribution < 1.29 is 13.2 Å². The lowest BCUT2D eigenvalue weighted by molar-refractivity contribution is -0.116. The molecule has 1 aliphatic rings. The molecule has 1 aliphatic heterocycles. The number of nitrogens with one attached hydrogen (secondary N) is 2. The Morgan fingerprint density at radius 2 is 2.16 bits per heavy atom. The first-order valence-corrected chi connectivity index (χ1v) is 7.98. The quantitative estimate of drug-likeness (QED) is 0.789. The van der Waals surface area contributed by atoms with E-state index in [2.05, 4.69) is 10.6 Å². The SMILES string of the molecule is CNCCCC(=O)Nc1ccc2c(c1)S(=O)(=O)CC2. The normalized spacial score (nSPS) is 16.1. The van der Waals surface area contributed by atoms with Gasteiger partial charge >= 0.3 is 0 Å². The van der Waals surface area contributed by atoms with E-state index in [-0.39, 0.29) is 11.7 Å². The van der Waals surface area contributed by atoms with Crippen molar-refractivity contribution in [3.05, 3.63) is 23.8 Å². The van der Waals surface area contributed by atoms with E-state index in [1.807, 2.05) is 7.05 Å². The van der Waals surface area contributed by atoms with Gasteiger partial charge in [-0.1, -0.05) is 6.07 Å². The number of benzene rings is 1. The van der Waals surface area contributed by atoms with Gasteiger partial charge in [0, 0.05) is 12.1 Å². The summed E-state index contributed by atoms with van der Waals surface area (Å²) in [4.78, 5) is 12.0. The van der Waals surface area contributed by atoms with E-state index in [0.717, 1.165) is 18.5 Å². The van der Waals surface area contributed by atoms with Crippen molar-refractivity contribution in [3.8, 4) is 0 Å². The van der Waals surface area contributed by atoms with Crippen LogP contribution in [0, 0.1) is 0 Å². The molecule has 5 nitrogen and oxygen atoms in total. The summed E-state index contributed by atoms with van der Waals surface area (Å²) in [7, 11) is -1.31. The third-order valence-corrected chi connectivity index (χ3v) is 4.95. The molecule has 6 heteroatoms. The van der Waals surface area contributed by atoms with E-state index in [1.165, 1.54) is 0 Å². The van der Waals surface area contributed by atoms with Crippen LogP contribution >= 0.6 is 0 Å². The number of sulfone groups is 1. The minimum absolute atomic E-state index is 0.0920. The van der Waals surface area contributed by atoms with Crippen LogP contribution in [0.1, 0.15) is 18.4 Å². The summed E-state index contributed by atoms with van der Waals surface area (Å²) in [5.41, 5.74) is 1.40. The zero-order valence-corrected chi connectivity index (χ0v) is 11.7. The molecular formula is C13H18N2O3S. The second-order valence-corrected chi connectivity index (χ2v) is 6.72. The van der Waals surface area contributed by atoms with Gasteiger partial charge in [0.25, 0.3) is 0 Å². The van der Waals surface area contributed by atoms with Crippen LogP contribution in [-0.2, 0) is 21.1 Å². The third-order valence-electron chi connectivity index (χ3n) is 3.16. The summed E-state index contributed by atoms with van der Waals surface area (Å²) in [6.07, 6.45) is 1.74. The average Bonchev–Trinajstić information content (AvgIpc) is 2.66. The van der Waals surface area contributed by atoms with Gasteiger partial charge in [-0.25, -0.2) is 8.42 Å². The summed E-state index contributed by atoms with van der Waals surface area (Å²) >= 11 is 0. The van der Waals surface area contributed by atoms with Crippen LogP contribution in [-0.4, -0.2) is 33.7 Å². The summed E-state index contributed by atoms with van der Waals surface area (Å²) in [6.45, 7) is 0.784. The van der Waals surface area contributed by atoms with E-state index in [9.17, 15) is 13.2 Å². The number of amides is 1. The van der Waals surface area contributed by atoms with Gasteiger partial charge in [0.05, 0.1) is 10.6 Å². The topological polar surface area (TPSA) is 75.3 Å². The number of rotatable bonds is 5.